The number of hydrogen-bond donors (Lipinski definition) is 0. The lowest BCUT2D eigenvalue weighted by atomic mass is 9.78. The maximum absolute atomic E-state index is 2.51. The molecular formula is C13H18. The SMILES string of the molecule is C1=C\C(C2CC2)CC2=C(CC/1)CC2. The molecule has 0 aromatic heterocycles. The summed E-state index contributed by atoms with van der Waals surface area (Å²) < 4.78 is 0. The van der Waals surface area contributed by atoms with Crippen LogP contribution in [0.2, 0.25) is 0 Å². The van der Waals surface area contributed by atoms with E-state index >= 15 is 0 Å². The first kappa shape index (κ1) is 7.84. The molecule has 1 unspecified atom stereocenters. The van der Waals surface area contributed by atoms with Gasteiger partial charge in [0.05, 0.1) is 0 Å². The van der Waals surface area contributed by atoms with Crippen LogP contribution in [0.4, 0.5) is 0 Å². The molecule has 0 N–H and O–H groups in total. The molecule has 0 aliphatic heterocycles. The molecule has 13 heavy (non-hydrogen) atoms. The van der Waals surface area contributed by atoms with Crippen LogP contribution in [0.3, 0.4) is 0 Å². The molecule has 0 radical (unpaired) electrons. The van der Waals surface area contributed by atoms with Crippen molar-refractivity contribution in [3.8, 4) is 0 Å². The molecule has 0 aromatic rings. The molecule has 3 rings (SSSR count). The quantitative estimate of drug-likeness (QED) is 0.530. The van der Waals surface area contributed by atoms with Gasteiger partial charge in [-0.1, -0.05) is 23.3 Å². The van der Waals surface area contributed by atoms with Gasteiger partial charge < -0.3 is 0 Å². The summed E-state index contributed by atoms with van der Waals surface area (Å²) in [6.07, 6.45) is 14.9. The van der Waals surface area contributed by atoms with Gasteiger partial charge >= 0.3 is 0 Å². The standard InChI is InChI=1S/C13H18/c1-2-4-12(11-5-6-11)9-13-8-7-10(13)3-1/h2,4,11-12H,1,3,5-9H2/b4-2-. The van der Waals surface area contributed by atoms with Crippen molar-refractivity contribution in [1.29, 1.82) is 0 Å². The normalized spacial score (nSPS) is 35.8. The fourth-order valence-electron chi connectivity index (χ4n) is 2.76. The molecule has 70 valence electrons. The van der Waals surface area contributed by atoms with Crippen LogP contribution >= 0.6 is 0 Å². The Labute approximate surface area is 80.7 Å². The minimum absolute atomic E-state index is 0.922. The van der Waals surface area contributed by atoms with Crippen LogP contribution in [-0.4, -0.2) is 0 Å². The lowest BCUT2D eigenvalue weighted by molar-refractivity contribution is 0.519. The van der Waals surface area contributed by atoms with E-state index < -0.39 is 0 Å². The van der Waals surface area contributed by atoms with Gasteiger partial charge in [-0.15, -0.1) is 0 Å². The molecule has 0 aromatic carbocycles. The summed E-state index contributed by atoms with van der Waals surface area (Å²) in [5, 5.41) is 0. The molecule has 3 aliphatic rings. The molecule has 0 nitrogen and oxygen atoms in total. The molecule has 1 atom stereocenters. The zero-order valence-corrected chi connectivity index (χ0v) is 8.26. The molecule has 0 amide bonds. The van der Waals surface area contributed by atoms with Gasteiger partial charge in [0, 0.05) is 0 Å². The van der Waals surface area contributed by atoms with Gasteiger partial charge in [0.1, 0.15) is 0 Å². The van der Waals surface area contributed by atoms with Gasteiger partial charge in [0.2, 0.25) is 0 Å². The highest BCUT2D eigenvalue weighted by Gasteiger charge is 2.32. The molecule has 3 aliphatic carbocycles. The second-order valence-electron chi connectivity index (χ2n) is 4.88. The predicted molar refractivity (Wildman–Crippen MR) is 55.5 cm³/mol. The van der Waals surface area contributed by atoms with Crippen LogP contribution in [-0.2, 0) is 0 Å². The number of hydrogen-bond acceptors (Lipinski definition) is 0. The van der Waals surface area contributed by atoms with E-state index in [0.717, 1.165) is 11.8 Å². The first-order valence-electron chi connectivity index (χ1n) is 5.80. The van der Waals surface area contributed by atoms with Crippen molar-refractivity contribution in [1.82, 2.24) is 0 Å². The first-order valence-corrected chi connectivity index (χ1v) is 5.80. The van der Waals surface area contributed by atoms with Crippen molar-refractivity contribution in [2.75, 3.05) is 0 Å². The monoisotopic (exact) mass is 174 g/mol. The lowest BCUT2D eigenvalue weighted by Gasteiger charge is -2.28. The van der Waals surface area contributed by atoms with E-state index in [1.54, 1.807) is 0 Å². The van der Waals surface area contributed by atoms with Gasteiger partial charge in [-0.05, 0) is 56.8 Å². The Kier molecular flexibility index (Phi) is 1.81. The van der Waals surface area contributed by atoms with Crippen molar-refractivity contribution in [2.45, 2.75) is 44.9 Å². The minimum atomic E-state index is 0.922. The predicted octanol–water partition coefficient (Wildman–Crippen LogP) is 3.84. The maximum atomic E-state index is 2.51. The van der Waals surface area contributed by atoms with Crippen LogP contribution in [0.1, 0.15) is 44.9 Å². The van der Waals surface area contributed by atoms with Gasteiger partial charge in [-0.3, -0.25) is 0 Å². The van der Waals surface area contributed by atoms with E-state index in [2.05, 4.69) is 12.2 Å². The fourth-order valence-corrected chi connectivity index (χ4v) is 2.76. The average molecular weight is 174 g/mol. The highest BCUT2D eigenvalue weighted by atomic mass is 14.4. The molecule has 1 saturated carbocycles. The third-order valence-corrected chi connectivity index (χ3v) is 3.93. The van der Waals surface area contributed by atoms with E-state index in [4.69, 9.17) is 0 Å². The van der Waals surface area contributed by atoms with Crippen molar-refractivity contribution >= 4 is 0 Å². The molecular weight excluding hydrogens is 156 g/mol. The van der Waals surface area contributed by atoms with Crippen molar-refractivity contribution in [2.24, 2.45) is 11.8 Å². The zero-order chi connectivity index (χ0) is 8.67. The Morgan fingerprint density at radius 3 is 2.54 bits per heavy atom. The van der Waals surface area contributed by atoms with Gasteiger partial charge in [0.15, 0.2) is 0 Å². The Morgan fingerprint density at radius 2 is 1.85 bits per heavy atom. The summed E-state index contributed by atoms with van der Waals surface area (Å²) in [4.78, 5) is 0. The second kappa shape index (κ2) is 3.01. The smallest absolute Gasteiger partial charge is 0.0168 e. The Morgan fingerprint density at radius 1 is 1.00 bits per heavy atom. The summed E-state index contributed by atoms with van der Waals surface area (Å²) >= 11 is 0. The molecule has 1 fully saturated rings. The van der Waals surface area contributed by atoms with Crippen LogP contribution in [0.5, 0.6) is 0 Å². The summed E-state index contributed by atoms with van der Waals surface area (Å²) in [7, 11) is 0. The average Bonchev–Trinajstić information content (AvgIpc) is 2.88. The molecule has 0 saturated heterocycles. The highest BCUT2D eigenvalue weighted by Crippen LogP contribution is 2.45. The topological polar surface area (TPSA) is 0 Å². The second-order valence-corrected chi connectivity index (χ2v) is 4.88. The van der Waals surface area contributed by atoms with Crippen LogP contribution in [0.15, 0.2) is 23.3 Å². The van der Waals surface area contributed by atoms with Gasteiger partial charge in [-0.2, -0.15) is 0 Å². The van der Waals surface area contributed by atoms with Crippen molar-refractivity contribution in [3.63, 3.8) is 0 Å². The third kappa shape index (κ3) is 1.47. The molecule has 0 spiro atoms. The molecule has 0 bridgehead atoms. The zero-order valence-electron chi connectivity index (χ0n) is 8.26. The summed E-state index contributed by atoms with van der Waals surface area (Å²) in [5.41, 5.74) is 3.65. The summed E-state index contributed by atoms with van der Waals surface area (Å²) in [5.74, 6) is 1.98. The van der Waals surface area contributed by atoms with Crippen LogP contribution < -0.4 is 0 Å². The van der Waals surface area contributed by atoms with E-state index in [1.807, 2.05) is 11.1 Å². The largest absolute Gasteiger partial charge is 0.0879 e. The van der Waals surface area contributed by atoms with E-state index in [9.17, 15) is 0 Å². The number of allylic oxidation sites excluding steroid dienone is 4. The molecule has 0 heteroatoms. The Bertz CT molecular complexity index is 266. The van der Waals surface area contributed by atoms with E-state index in [0.29, 0.717) is 0 Å². The van der Waals surface area contributed by atoms with E-state index in [1.165, 1.54) is 44.9 Å². The lowest BCUT2D eigenvalue weighted by Crippen LogP contribution is -2.11. The molecule has 0 heterocycles. The van der Waals surface area contributed by atoms with E-state index in [-0.39, 0.29) is 0 Å². The first-order chi connectivity index (χ1) is 6.43. The van der Waals surface area contributed by atoms with Crippen molar-refractivity contribution < 1.29 is 0 Å². The fraction of sp³-hybridized carbons (Fsp3) is 0.692. The van der Waals surface area contributed by atoms with Gasteiger partial charge in [-0.25, -0.2) is 0 Å². The van der Waals surface area contributed by atoms with Crippen LogP contribution in [0, 0.1) is 11.8 Å². The third-order valence-electron chi connectivity index (χ3n) is 3.93. The van der Waals surface area contributed by atoms with Crippen molar-refractivity contribution in [3.05, 3.63) is 23.3 Å². The summed E-state index contributed by atoms with van der Waals surface area (Å²) in [6, 6.07) is 0. The maximum Gasteiger partial charge on any atom is -0.0168 e. The highest BCUT2D eigenvalue weighted by molar-refractivity contribution is 5.27. The summed E-state index contributed by atoms with van der Waals surface area (Å²) in [6.45, 7) is 0. The Hall–Kier alpha value is -0.520. The Balaban J connectivity index is 1.77. The minimum Gasteiger partial charge on any atom is -0.0879 e. The van der Waals surface area contributed by atoms with Crippen LogP contribution in [0.25, 0.3) is 0 Å². The number of rotatable bonds is 1. The van der Waals surface area contributed by atoms with Gasteiger partial charge in [0.25, 0.3) is 0 Å².